The molecule has 1 heterocycles. The maximum absolute atomic E-state index is 12.4. The molecule has 0 radical (unpaired) electrons. The second-order valence-electron chi connectivity index (χ2n) is 5.07. The van der Waals surface area contributed by atoms with E-state index in [1.54, 1.807) is 0 Å². The Morgan fingerprint density at radius 2 is 2.04 bits per heavy atom. The number of anilines is 1. The van der Waals surface area contributed by atoms with Crippen LogP contribution in [0.4, 0.5) is 18.3 Å². The second kappa shape index (κ2) is 7.70. The minimum absolute atomic E-state index is 0.00490. The van der Waals surface area contributed by atoms with E-state index < -0.39 is 33.6 Å². The number of rotatable bonds is 6. The minimum Gasteiger partial charge on any atom is -0.407 e. The molecule has 0 aliphatic heterocycles. The van der Waals surface area contributed by atoms with E-state index in [4.69, 9.17) is 5.90 Å². The molecule has 1 amide bonds. The molecule has 8 nitrogen and oxygen atoms in total. The summed E-state index contributed by atoms with van der Waals surface area (Å²) >= 11 is 0.754. The summed E-state index contributed by atoms with van der Waals surface area (Å²) in [7, 11) is -3.47. The molecule has 0 bridgehead atoms. The van der Waals surface area contributed by atoms with Gasteiger partial charge in [0.15, 0.2) is 26.5 Å². The van der Waals surface area contributed by atoms with Crippen molar-refractivity contribution in [2.24, 2.45) is 5.90 Å². The summed E-state index contributed by atoms with van der Waals surface area (Å²) in [5.41, 5.74) is -0.0604. The summed E-state index contributed by atoms with van der Waals surface area (Å²) in [5, 5.41) is 2.39. The van der Waals surface area contributed by atoms with Gasteiger partial charge in [-0.2, -0.15) is 5.90 Å². The third-order valence-electron chi connectivity index (χ3n) is 3.35. The molecule has 0 spiro atoms. The normalized spacial score (nSPS) is 11.9. The molecule has 0 atom stereocenters. The highest BCUT2D eigenvalue weighted by molar-refractivity contribution is 7.93. The number of hydrogen-bond donors (Lipinski definition) is 2. The summed E-state index contributed by atoms with van der Waals surface area (Å²) in [6.07, 6.45) is -3.85. The fraction of sp³-hybridized carbons (Fsp3) is 0.286. The van der Waals surface area contributed by atoms with Crippen LogP contribution in [0.1, 0.15) is 22.8 Å². The van der Waals surface area contributed by atoms with E-state index in [2.05, 4.69) is 19.9 Å². The summed E-state index contributed by atoms with van der Waals surface area (Å²) in [4.78, 5) is 20.6. The fourth-order valence-corrected chi connectivity index (χ4v) is 4.17. The SMILES string of the molecule is CCS(=O)(=O)c1cnc(NC(=O)c2ccc(OC(F)(F)F)c(ON)c2C)s1. The first kappa shape index (κ1) is 20.9. The maximum atomic E-state index is 12.4. The zero-order valence-corrected chi connectivity index (χ0v) is 15.6. The fourth-order valence-electron chi connectivity index (χ4n) is 2.03. The molecule has 0 fully saturated rings. The van der Waals surface area contributed by atoms with Gasteiger partial charge in [0, 0.05) is 11.1 Å². The number of sulfone groups is 1. The maximum Gasteiger partial charge on any atom is 0.573 e. The Kier molecular flexibility index (Phi) is 5.97. The minimum atomic E-state index is -4.97. The zero-order chi connectivity index (χ0) is 20.4. The highest BCUT2D eigenvalue weighted by Crippen LogP contribution is 2.36. The molecular formula is C14H14F3N3O5S2. The molecule has 0 saturated heterocycles. The van der Waals surface area contributed by atoms with Gasteiger partial charge >= 0.3 is 6.36 Å². The number of nitrogens with two attached hydrogens (primary N) is 1. The van der Waals surface area contributed by atoms with Gasteiger partial charge in [-0.15, -0.1) is 13.2 Å². The van der Waals surface area contributed by atoms with Gasteiger partial charge < -0.3 is 9.57 Å². The van der Waals surface area contributed by atoms with Crippen molar-refractivity contribution in [3.05, 3.63) is 29.5 Å². The third-order valence-corrected chi connectivity index (χ3v) is 6.55. The average Bonchev–Trinajstić information content (AvgIpc) is 3.03. The van der Waals surface area contributed by atoms with Crippen molar-refractivity contribution in [2.75, 3.05) is 11.1 Å². The van der Waals surface area contributed by atoms with Crippen LogP contribution in [-0.4, -0.2) is 31.4 Å². The predicted octanol–water partition coefficient (Wildman–Crippen LogP) is 2.65. The van der Waals surface area contributed by atoms with E-state index in [0.717, 1.165) is 29.7 Å². The summed E-state index contributed by atoms with van der Waals surface area (Å²) in [6, 6.07) is 1.97. The van der Waals surface area contributed by atoms with Gasteiger partial charge in [-0.05, 0) is 19.1 Å². The Morgan fingerprint density at radius 3 is 2.59 bits per heavy atom. The second-order valence-corrected chi connectivity index (χ2v) is 8.61. The summed E-state index contributed by atoms with van der Waals surface area (Å²) < 4.78 is 64.6. The molecule has 0 aliphatic rings. The van der Waals surface area contributed by atoms with Crippen molar-refractivity contribution >= 4 is 32.2 Å². The first-order chi connectivity index (χ1) is 12.5. The lowest BCUT2D eigenvalue weighted by Crippen LogP contribution is -2.20. The lowest BCUT2D eigenvalue weighted by atomic mass is 10.1. The highest BCUT2D eigenvalue weighted by atomic mass is 32.2. The topological polar surface area (TPSA) is 121 Å². The number of halogens is 3. The number of amides is 1. The number of thiazole rings is 1. The highest BCUT2D eigenvalue weighted by Gasteiger charge is 2.33. The van der Waals surface area contributed by atoms with Crippen molar-refractivity contribution in [3.63, 3.8) is 0 Å². The molecule has 148 valence electrons. The van der Waals surface area contributed by atoms with Crippen molar-refractivity contribution in [2.45, 2.75) is 24.4 Å². The number of ether oxygens (including phenoxy) is 1. The lowest BCUT2D eigenvalue weighted by molar-refractivity contribution is -0.275. The number of hydrogen-bond acceptors (Lipinski definition) is 8. The van der Waals surface area contributed by atoms with E-state index in [0.29, 0.717) is 0 Å². The Labute approximate surface area is 156 Å². The Morgan fingerprint density at radius 1 is 1.37 bits per heavy atom. The molecule has 1 aromatic carbocycles. The number of nitrogens with one attached hydrogen (secondary N) is 1. The van der Waals surface area contributed by atoms with Crippen molar-refractivity contribution in [1.29, 1.82) is 0 Å². The monoisotopic (exact) mass is 425 g/mol. The first-order valence-electron chi connectivity index (χ1n) is 7.24. The molecule has 0 saturated carbocycles. The van der Waals surface area contributed by atoms with E-state index in [-0.39, 0.29) is 26.2 Å². The summed E-state index contributed by atoms with van der Waals surface area (Å²) in [6.45, 7) is 2.78. The van der Waals surface area contributed by atoms with Crippen LogP contribution in [0.5, 0.6) is 11.5 Å². The Balaban J connectivity index is 2.29. The lowest BCUT2D eigenvalue weighted by Gasteiger charge is -2.15. The van der Waals surface area contributed by atoms with Crippen LogP contribution in [-0.2, 0) is 9.84 Å². The van der Waals surface area contributed by atoms with Gasteiger partial charge in [-0.25, -0.2) is 13.4 Å². The van der Waals surface area contributed by atoms with Crippen LogP contribution >= 0.6 is 11.3 Å². The smallest absolute Gasteiger partial charge is 0.407 e. The van der Waals surface area contributed by atoms with Gasteiger partial charge in [-0.1, -0.05) is 18.3 Å². The molecule has 3 N–H and O–H groups in total. The molecular weight excluding hydrogens is 411 g/mol. The Hall–Kier alpha value is -2.38. The number of carbonyl (C=O) groups is 1. The van der Waals surface area contributed by atoms with E-state index in [9.17, 15) is 26.4 Å². The van der Waals surface area contributed by atoms with Crippen LogP contribution < -0.4 is 20.8 Å². The van der Waals surface area contributed by atoms with Gasteiger partial charge in [-0.3, -0.25) is 10.1 Å². The molecule has 2 rings (SSSR count). The van der Waals surface area contributed by atoms with E-state index in [1.165, 1.54) is 13.8 Å². The number of aromatic nitrogens is 1. The number of nitrogens with zero attached hydrogens (tertiary/aromatic N) is 1. The van der Waals surface area contributed by atoms with Crippen LogP contribution in [0.15, 0.2) is 22.5 Å². The predicted molar refractivity (Wildman–Crippen MR) is 90.5 cm³/mol. The number of benzene rings is 1. The molecule has 0 aliphatic carbocycles. The molecule has 1 aromatic heterocycles. The van der Waals surface area contributed by atoms with E-state index in [1.807, 2.05) is 0 Å². The zero-order valence-electron chi connectivity index (χ0n) is 14.0. The third kappa shape index (κ3) is 4.87. The summed E-state index contributed by atoms with van der Waals surface area (Å²) in [5.74, 6) is 2.97. The van der Waals surface area contributed by atoms with Gasteiger partial charge in [0.1, 0.15) is 4.21 Å². The number of alkyl halides is 3. The van der Waals surface area contributed by atoms with Crippen molar-refractivity contribution in [1.82, 2.24) is 4.98 Å². The quantitative estimate of drug-likeness (QED) is 0.683. The van der Waals surface area contributed by atoms with Gasteiger partial charge in [0.25, 0.3) is 5.91 Å². The van der Waals surface area contributed by atoms with Crippen molar-refractivity contribution in [3.8, 4) is 11.5 Å². The number of carbonyl (C=O) groups excluding carboxylic acids is 1. The average molecular weight is 425 g/mol. The largest absolute Gasteiger partial charge is 0.573 e. The molecule has 0 unspecified atom stereocenters. The van der Waals surface area contributed by atoms with Gasteiger partial charge in [0.05, 0.1) is 11.9 Å². The molecule has 27 heavy (non-hydrogen) atoms. The molecule has 2 aromatic rings. The van der Waals surface area contributed by atoms with Crippen LogP contribution in [0.2, 0.25) is 0 Å². The van der Waals surface area contributed by atoms with E-state index >= 15 is 0 Å². The van der Waals surface area contributed by atoms with Crippen LogP contribution in [0.25, 0.3) is 0 Å². The van der Waals surface area contributed by atoms with Gasteiger partial charge in [0.2, 0.25) is 0 Å². The van der Waals surface area contributed by atoms with Crippen LogP contribution in [0.3, 0.4) is 0 Å². The standard InChI is InChI=1S/C14H14F3N3O5S2/c1-3-27(22,23)10-6-19-13(26-10)20-12(21)8-4-5-9(24-14(15,16)17)11(25-18)7(8)2/h4-6H,3,18H2,1-2H3,(H,19,20,21). The first-order valence-corrected chi connectivity index (χ1v) is 9.71. The van der Waals surface area contributed by atoms with Crippen molar-refractivity contribution < 1.29 is 36.0 Å². The Bertz CT molecular complexity index is 957. The molecule has 13 heteroatoms. The van der Waals surface area contributed by atoms with Crippen LogP contribution in [0, 0.1) is 6.92 Å².